The molecule has 3 aromatic heterocycles. The average Bonchev–Trinajstić information content (AvgIpc) is 2.91. The fourth-order valence-electron chi connectivity index (χ4n) is 2.12. The zero-order valence-electron chi connectivity index (χ0n) is 11.2. The maximum Gasteiger partial charge on any atom is 0.339 e. The lowest BCUT2D eigenvalue weighted by Gasteiger charge is -2.02. The summed E-state index contributed by atoms with van der Waals surface area (Å²) in [7, 11) is 0. The lowest BCUT2D eigenvalue weighted by Crippen LogP contribution is -2.00. The van der Waals surface area contributed by atoms with Crippen LogP contribution in [0, 0.1) is 20.8 Å². The van der Waals surface area contributed by atoms with Gasteiger partial charge in [-0.25, -0.2) is 19.4 Å². The van der Waals surface area contributed by atoms with Gasteiger partial charge in [0.15, 0.2) is 5.82 Å². The first-order valence-electron chi connectivity index (χ1n) is 5.99. The van der Waals surface area contributed by atoms with Crippen molar-refractivity contribution in [1.29, 1.82) is 0 Å². The summed E-state index contributed by atoms with van der Waals surface area (Å²) in [6.45, 7) is 5.71. The van der Waals surface area contributed by atoms with Gasteiger partial charge in [-0.15, -0.1) is 11.3 Å². The molecule has 0 aliphatic heterocycles. The molecule has 1 N–H and O–H groups in total. The van der Waals surface area contributed by atoms with Crippen molar-refractivity contribution in [3.05, 3.63) is 34.2 Å². The van der Waals surface area contributed by atoms with Crippen LogP contribution in [-0.2, 0) is 0 Å². The van der Waals surface area contributed by atoms with Crippen LogP contribution < -0.4 is 0 Å². The number of thiophene rings is 1. The highest BCUT2D eigenvalue weighted by Gasteiger charge is 2.17. The Morgan fingerprint density at radius 2 is 2.05 bits per heavy atom. The van der Waals surface area contributed by atoms with Gasteiger partial charge in [0.2, 0.25) is 0 Å². The van der Waals surface area contributed by atoms with Gasteiger partial charge in [-0.05, 0) is 26.3 Å². The molecule has 3 rings (SSSR count). The van der Waals surface area contributed by atoms with Crippen molar-refractivity contribution in [1.82, 2.24) is 19.7 Å². The maximum absolute atomic E-state index is 11.1. The SMILES string of the molecule is Cc1nn(-c2ncnc3sc(C)c(C)c23)cc1C(=O)O. The lowest BCUT2D eigenvalue weighted by atomic mass is 10.2. The molecule has 0 spiro atoms. The molecule has 0 unspecified atom stereocenters. The van der Waals surface area contributed by atoms with Crippen LogP contribution in [0.2, 0.25) is 0 Å². The predicted octanol–water partition coefficient (Wildman–Crippen LogP) is 2.50. The number of rotatable bonds is 2. The molecule has 102 valence electrons. The number of aryl methyl sites for hydroxylation is 3. The molecule has 0 aliphatic carbocycles. The van der Waals surface area contributed by atoms with Crippen LogP contribution in [0.25, 0.3) is 16.0 Å². The van der Waals surface area contributed by atoms with Crippen molar-refractivity contribution in [2.75, 3.05) is 0 Å². The summed E-state index contributed by atoms with van der Waals surface area (Å²) in [6.07, 6.45) is 2.97. The Morgan fingerprint density at radius 1 is 1.30 bits per heavy atom. The van der Waals surface area contributed by atoms with Gasteiger partial charge in [-0.2, -0.15) is 5.10 Å². The van der Waals surface area contributed by atoms with Gasteiger partial charge in [-0.3, -0.25) is 0 Å². The smallest absolute Gasteiger partial charge is 0.339 e. The van der Waals surface area contributed by atoms with Crippen LogP contribution >= 0.6 is 11.3 Å². The first kappa shape index (κ1) is 12.7. The Bertz CT molecular complexity index is 834. The number of carboxylic acids is 1. The topological polar surface area (TPSA) is 80.9 Å². The molecule has 20 heavy (non-hydrogen) atoms. The molecule has 3 aromatic rings. The molecule has 0 saturated heterocycles. The predicted molar refractivity (Wildman–Crippen MR) is 75.7 cm³/mol. The highest BCUT2D eigenvalue weighted by atomic mass is 32.1. The van der Waals surface area contributed by atoms with E-state index < -0.39 is 5.97 Å². The second kappa shape index (κ2) is 4.38. The van der Waals surface area contributed by atoms with E-state index in [1.165, 1.54) is 22.1 Å². The standard InChI is InChI=1S/C13H12N4O2S/c1-6-8(3)20-12-10(6)11(14-5-15-12)17-4-9(13(18)19)7(2)16-17/h4-5H,1-3H3,(H,18,19). The van der Waals surface area contributed by atoms with E-state index in [0.29, 0.717) is 11.5 Å². The molecule has 0 amide bonds. The van der Waals surface area contributed by atoms with Crippen molar-refractivity contribution < 1.29 is 9.90 Å². The number of hydrogen-bond acceptors (Lipinski definition) is 5. The normalized spacial score (nSPS) is 11.2. The molecule has 0 bridgehead atoms. The molecular formula is C13H12N4O2S. The van der Waals surface area contributed by atoms with E-state index in [-0.39, 0.29) is 5.56 Å². The molecule has 0 aliphatic rings. The van der Waals surface area contributed by atoms with E-state index in [2.05, 4.69) is 15.1 Å². The molecular weight excluding hydrogens is 276 g/mol. The number of aromatic carboxylic acids is 1. The fraction of sp³-hybridized carbons (Fsp3) is 0.231. The highest BCUT2D eigenvalue weighted by molar-refractivity contribution is 7.18. The van der Waals surface area contributed by atoms with E-state index in [9.17, 15) is 4.79 Å². The average molecular weight is 288 g/mol. The summed E-state index contributed by atoms with van der Waals surface area (Å²) >= 11 is 1.60. The van der Waals surface area contributed by atoms with Gasteiger partial charge >= 0.3 is 5.97 Å². The Kier molecular flexibility index (Phi) is 2.79. The summed E-state index contributed by atoms with van der Waals surface area (Å²) in [5.74, 6) is -0.371. The molecule has 7 heteroatoms. The number of hydrogen-bond donors (Lipinski definition) is 1. The lowest BCUT2D eigenvalue weighted by molar-refractivity contribution is 0.0696. The third-order valence-electron chi connectivity index (χ3n) is 3.29. The second-order valence-electron chi connectivity index (χ2n) is 4.54. The highest BCUT2D eigenvalue weighted by Crippen LogP contribution is 2.31. The molecule has 6 nitrogen and oxygen atoms in total. The Hall–Kier alpha value is -2.28. The van der Waals surface area contributed by atoms with Gasteiger partial charge in [0.1, 0.15) is 16.7 Å². The van der Waals surface area contributed by atoms with Crippen LogP contribution in [0.5, 0.6) is 0 Å². The van der Waals surface area contributed by atoms with Crippen LogP contribution in [0.1, 0.15) is 26.5 Å². The van der Waals surface area contributed by atoms with E-state index in [1.807, 2.05) is 13.8 Å². The number of fused-ring (bicyclic) bond motifs is 1. The Morgan fingerprint density at radius 3 is 2.70 bits per heavy atom. The molecule has 0 radical (unpaired) electrons. The third-order valence-corrected chi connectivity index (χ3v) is 4.41. The van der Waals surface area contributed by atoms with Crippen LogP contribution in [0.3, 0.4) is 0 Å². The van der Waals surface area contributed by atoms with Crippen molar-refractivity contribution >= 4 is 27.5 Å². The van der Waals surface area contributed by atoms with E-state index in [4.69, 9.17) is 5.11 Å². The van der Waals surface area contributed by atoms with Gasteiger partial charge in [0, 0.05) is 11.1 Å². The van der Waals surface area contributed by atoms with Crippen LogP contribution in [-0.4, -0.2) is 30.8 Å². The molecule has 3 heterocycles. The number of aromatic nitrogens is 4. The Labute approximate surface area is 118 Å². The minimum atomic E-state index is -0.989. The van der Waals surface area contributed by atoms with E-state index in [0.717, 1.165) is 15.8 Å². The zero-order chi connectivity index (χ0) is 14.4. The number of carboxylic acid groups (broad SMARTS) is 1. The second-order valence-corrected chi connectivity index (χ2v) is 5.74. The summed E-state index contributed by atoms with van der Waals surface area (Å²) in [5.41, 5.74) is 1.75. The van der Waals surface area contributed by atoms with E-state index >= 15 is 0 Å². The molecule has 0 fully saturated rings. The third kappa shape index (κ3) is 1.78. The van der Waals surface area contributed by atoms with Crippen LogP contribution in [0.4, 0.5) is 0 Å². The Balaban J connectivity index is 2.29. The van der Waals surface area contributed by atoms with Gasteiger partial charge in [0.25, 0.3) is 0 Å². The molecule has 0 saturated carbocycles. The number of carbonyl (C=O) groups is 1. The monoisotopic (exact) mass is 288 g/mol. The van der Waals surface area contributed by atoms with Crippen molar-refractivity contribution in [2.24, 2.45) is 0 Å². The number of nitrogens with zero attached hydrogens (tertiary/aromatic N) is 4. The van der Waals surface area contributed by atoms with Gasteiger partial charge in [0.05, 0.1) is 11.1 Å². The summed E-state index contributed by atoms with van der Waals surface area (Å²) < 4.78 is 1.52. The summed E-state index contributed by atoms with van der Waals surface area (Å²) in [5, 5.41) is 14.3. The maximum atomic E-state index is 11.1. The molecule has 0 atom stereocenters. The van der Waals surface area contributed by atoms with Crippen LogP contribution in [0.15, 0.2) is 12.5 Å². The summed E-state index contributed by atoms with van der Waals surface area (Å²) in [6, 6.07) is 0. The first-order valence-corrected chi connectivity index (χ1v) is 6.81. The van der Waals surface area contributed by atoms with Gasteiger partial charge in [-0.1, -0.05) is 0 Å². The minimum absolute atomic E-state index is 0.182. The van der Waals surface area contributed by atoms with Crippen molar-refractivity contribution in [2.45, 2.75) is 20.8 Å². The van der Waals surface area contributed by atoms with Gasteiger partial charge < -0.3 is 5.11 Å². The quantitative estimate of drug-likeness (QED) is 0.783. The van der Waals surface area contributed by atoms with Crippen molar-refractivity contribution in [3.63, 3.8) is 0 Å². The summed E-state index contributed by atoms with van der Waals surface area (Å²) in [4.78, 5) is 21.7. The minimum Gasteiger partial charge on any atom is -0.478 e. The van der Waals surface area contributed by atoms with Crippen molar-refractivity contribution in [3.8, 4) is 5.82 Å². The van der Waals surface area contributed by atoms with E-state index in [1.54, 1.807) is 18.3 Å². The molecule has 0 aromatic carbocycles. The first-order chi connectivity index (χ1) is 9.49. The zero-order valence-corrected chi connectivity index (χ0v) is 12.0. The fourth-order valence-corrected chi connectivity index (χ4v) is 3.11. The largest absolute Gasteiger partial charge is 0.478 e.